The number of hydrogen-bond acceptors (Lipinski definition) is 4. The van der Waals surface area contributed by atoms with Gasteiger partial charge in [-0.15, -0.1) is 0 Å². The van der Waals surface area contributed by atoms with Gasteiger partial charge in [-0.2, -0.15) is 0 Å². The summed E-state index contributed by atoms with van der Waals surface area (Å²) in [6.45, 7) is 3.82. The smallest absolute Gasteiger partial charge is 0.270 e. The summed E-state index contributed by atoms with van der Waals surface area (Å²) in [6, 6.07) is 9.14. The predicted octanol–water partition coefficient (Wildman–Crippen LogP) is 2.59. The lowest BCUT2D eigenvalue weighted by Gasteiger charge is -2.18. The minimum atomic E-state index is -0.402. The van der Waals surface area contributed by atoms with Crippen molar-refractivity contribution < 1.29 is 4.79 Å². The average Bonchev–Trinajstić information content (AvgIpc) is 3.44. The van der Waals surface area contributed by atoms with Gasteiger partial charge in [-0.05, 0) is 62.4 Å². The Kier molecular flexibility index (Phi) is 4.03. The molecular formula is C20H20N4O2. The third-order valence-electron chi connectivity index (χ3n) is 4.80. The van der Waals surface area contributed by atoms with Gasteiger partial charge >= 0.3 is 0 Å². The van der Waals surface area contributed by atoms with Gasteiger partial charge in [0, 0.05) is 18.1 Å². The standard InChI is InChI=1S/C20H20N4O2/c1-12-8-9-21-16(10-12)18(14-6-7-14)23-19(25)15-11-22-17-5-3-4-13(2)24(17)20(15)26/h3-5,8-11,14,18H,6-7H2,1-2H3,(H,23,25)/t18-/m1/s1. The summed E-state index contributed by atoms with van der Waals surface area (Å²) in [7, 11) is 0. The lowest BCUT2D eigenvalue weighted by atomic mass is 10.1. The molecule has 1 aliphatic rings. The van der Waals surface area contributed by atoms with Crippen LogP contribution in [-0.2, 0) is 0 Å². The fourth-order valence-electron chi connectivity index (χ4n) is 3.24. The van der Waals surface area contributed by atoms with Crippen LogP contribution in [0.4, 0.5) is 0 Å². The van der Waals surface area contributed by atoms with E-state index >= 15 is 0 Å². The van der Waals surface area contributed by atoms with Gasteiger partial charge in [0.1, 0.15) is 11.2 Å². The Hall–Kier alpha value is -3.02. The number of amides is 1. The normalized spacial score (nSPS) is 15.0. The Morgan fingerprint density at radius 2 is 2.04 bits per heavy atom. The van der Waals surface area contributed by atoms with Crippen molar-refractivity contribution in [2.45, 2.75) is 32.7 Å². The van der Waals surface area contributed by atoms with Crippen molar-refractivity contribution in [2.24, 2.45) is 5.92 Å². The van der Waals surface area contributed by atoms with Gasteiger partial charge in [-0.25, -0.2) is 4.98 Å². The quantitative estimate of drug-likeness (QED) is 0.786. The van der Waals surface area contributed by atoms with Crippen LogP contribution in [0.15, 0.2) is 47.5 Å². The van der Waals surface area contributed by atoms with Crippen molar-refractivity contribution in [1.82, 2.24) is 19.7 Å². The van der Waals surface area contributed by atoms with Crippen molar-refractivity contribution in [3.8, 4) is 0 Å². The highest BCUT2D eigenvalue weighted by molar-refractivity contribution is 5.94. The van der Waals surface area contributed by atoms with Crippen LogP contribution in [-0.4, -0.2) is 20.3 Å². The van der Waals surface area contributed by atoms with Crippen LogP contribution in [0.1, 0.15) is 46.2 Å². The molecule has 0 saturated heterocycles. The maximum atomic E-state index is 12.8. The first-order chi connectivity index (χ1) is 12.5. The molecule has 3 aromatic heterocycles. The fourth-order valence-corrected chi connectivity index (χ4v) is 3.24. The third-order valence-corrected chi connectivity index (χ3v) is 4.80. The van der Waals surface area contributed by atoms with E-state index in [0.717, 1.165) is 29.8 Å². The highest BCUT2D eigenvalue weighted by Crippen LogP contribution is 2.40. The van der Waals surface area contributed by atoms with Crippen LogP contribution < -0.4 is 10.9 Å². The Balaban J connectivity index is 1.69. The molecule has 1 amide bonds. The number of aromatic nitrogens is 3. The number of hydrogen-bond donors (Lipinski definition) is 1. The fraction of sp³-hybridized carbons (Fsp3) is 0.300. The van der Waals surface area contributed by atoms with E-state index in [4.69, 9.17) is 0 Å². The molecule has 0 aliphatic heterocycles. The van der Waals surface area contributed by atoms with Gasteiger partial charge in [0.2, 0.25) is 0 Å². The highest BCUT2D eigenvalue weighted by Gasteiger charge is 2.35. The molecule has 26 heavy (non-hydrogen) atoms. The first kappa shape index (κ1) is 16.4. The van der Waals surface area contributed by atoms with Crippen LogP contribution in [0, 0.1) is 19.8 Å². The number of carbonyl (C=O) groups is 1. The van der Waals surface area contributed by atoms with Gasteiger partial charge in [0.05, 0.1) is 11.7 Å². The lowest BCUT2D eigenvalue weighted by molar-refractivity contribution is 0.0928. The van der Waals surface area contributed by atoms with Crippen molar-refractivity contribution in [1.29, 1.82) is 0 Å². The number of carbonyl (C=O) groups excluding carboxylic acids is 1. The maximum Gasteiger partial charge on any atom is 0.270 e. The van der Waals surface area contributed by atoms with Crippen LogP contribution in [0.2, 0.25) is 0 Å². The molecule has 6 nitrogen and oxygen atoms in total. The number of aryl methyl sites for hydroxylation is 2. The maximum absolute atomic E-state index is 12.8. The van der Waals surface area contributed by atoms with E-state index in [9.17, 15) is 9.59 Å². The molecule has 0 spiro atoms. The summed E-state index contributed by atoms with van der Waals surface area (Å²) in [5, 5.41) is 3.01. The average molecular weight is 348 g/mol. The molecule has 6 heteroatoms. The van der Waals surface area contributed by atoms with Crippen LogP contribution in [0.25, 0.3) is 5.65 Å². The summed E-state index contributed by atoms with van der Waals surface area (Å²) in [4.78, 5) is 34.3. The van der Waals surface area contributed by atoms with E-state index in [2.05, 4.69) is 15.3 Å². The van der Waals surface area contributed by atoms with Crippen molar-refractivity contribution in [2.75, 3.05) is 0 Å². The van der Waals surface area contributed by atoms with Gasteiger partial charge in [0.15, 0.2) is 0 Å². The molecule has 3 aromatic rings. The topological polar surface area (TPSA) is 76.4 Å². The second-order valence-corrected chi connectivity index (χ2v) is 6.88. The highest BCUT2D eigenvalue weighted by atomic mass is 16.2. The molecular weight excluding hydrogens is 328 g/mol. The van der Waals surface area contributed by atoms with Gasteiger partial charge in [0.25, 0.3) is 11.5 Å². The number of nitrogens with one attached hydrogen (secondary N) is 1. The Morgan fingerprint density at radius 3 is 2.77 bits per heavy atom. The second-order valence-electron chi connectivity index (χ2n) is 6.88. The molecule has 1 saturated carbocycles. The zero-order valence-electron chi connectivity index (χ0n) is 14.8. The largest absolute Gasteiger partial charge is 0.343 e. The minimum Gasteiger partial charge on any atom is -0.343 e. The van der Waals surface area contributed by atoms with E-state index < -0.39 is 5.91 Å². The molecule has 3 heterocycles. The molecule has 1 aliphatic carbocycles. The van der Waals surface area contributed by atoms with Crippen LogP contribution >= 0.6 is 0 Å². The third kappa shape index (κ3) is 2.98. The van der Waals surface area contributed by atoms with Gasteiger partial charge < -0.3 is 5.32 Å². The molecule has 1 atom stereocenters. The Bertz CT molecular complexity index is 1050. The van der Waals surface area contributed by atoms with E-state index in [1.54, 1.807) is 12.3 Å². The summed E-state index contributed by atoms with van der Waals surface area (Å²) < 4.78 is 1.46. The molecule has 1 fully saturated rings. The number of pyridine rings is 2. The Labute approximate surface area is 150 Å². The van der Waals surface area contributed by atoms with Gasteiger partial charge in [-0.1, -0.05) is 6.07 Å². The molecule has 0 unspecified atom stereocenters. The van der Waals surface area contributed by atoms with Crippen LogP contribution in [0.5, 0.6) is 0 Å². The molecule has 0 bridgehead atoms. The monoisotopic (exact) mass is 348 g/mol. The molecule has 0 aromatic carbocycles. The zero-order chi connectivity index (χ0) is 18.3. The minimum absolute atomic E-state index is 0.0510. The molecule has 4 rings (SSSR count). The van der Waals surface area contributed by atoms with E-state index in [-0.39, 0.29) is 17.2 Å². The van der Waals surface area contributed by atoms with E-state index in [1.165, 1.54) is 10.6 Å². The van der Waals surface area contributed by atoms with Crippen molar-refractivity contribution in [3.63, 3.8) is 0 Å². The molecule has 132 valence electrons. The molecule has 0 radical (unpaired) electrons. The van der Waals surface area contributed by atoms with Crippen molar-refractivity contribution >= 4 is 11.6 Å². The number of rotatable bonds is 4. The lowest BCUT2D eigenvalue weighted by Crippen LogP contribution is -2.35. The second kappa shape index (κ2) is 6.37. The zero-order valence-corrected chi connectivity index (χ0v) is 14.8. The van der Waals surface area contributed by atoms with E-state index in [0.29, 0.717) is 11.6 Å². The number of nitrogens with zero attached hydrogens (tertiary/aromatic N) is 3. The summed E-state index contributed by atoms with van der Waals surface area (Å²) in [5.74, 6) is -0.0356. The summed E-state index contributed by atoms with van der Waals surface area (Å²) >= 11 is 0. The molecule has 1 N–H and O–H groups in total. The van der Waals surface area contributed by atoms with Gasteiger partial charge in [-0.3, -0.25) is 19.0 Å². The number of fused-ring (bicyclic) bond motifs is 1. The SMILES string of the molecule is Cc1ccnc([C@H](NC(=O)c2cnc3cccc(C)n3c2=O)C2CC2)c1. The first-order valence-electron chi connectivity index (χ1n) is 8.75. The Morgan fingerprint density at radius 1 is 1.23 bits per heavy atom. The van der Waals surface area contributed by atoms with Crippen molar-refractivity contribution in [3.05, 3.63) is 75.6 Å². The summed E-state index contributed by atoms with van der Waals surface area (Å²) in [6.07, 6.45) is 5.21. The predicted molar refractivity (Wildman–Crippen MR) is 98.1 cm³/mol. The first-order valence-corrected chi connectivity index (χ1v) is 8.75. The van der Waals surface area contributed by atoms with E-state index in [1.807, 2.05) is 38.1 Å². The van der Waals surface area contributed by atoms with Crippen LogP contribution in [0.3, 0.4) is 0 Å². The summed E-state index contributed by atoms with van der Waals surface area (Å²) in [5.41, 5.74) is 2.91.